The van der Waals surface area contributed by atoms with E-state index in [9.17, 15) is 14.9 Å². The Morgan fingerprint density at radius 2 is 1.91 bits per heavy atom. The maximum atomic E-state index is 12.7. The third kappa shape index (κ3) is 2.58. The third-order valence-electron chi connectivity index (χ3n) is 4.10. The summed E-state index contributed by atoms with van der Waals surface area (Å²) in [7, 11) is 0. The molecule has 1 heterocycles. The SMILES string of the molecule is CC1(C)CC(=O)c2cc(C#N)c(=O)n(-c3ccccc3Cl)c2C1. The van der Waals surface area contributed by atoms with Crippen LogP contribution in [0.5, 0.6) is 0 Å². The molecular formula is C18H15ClN2O2. The smallest absolute Gasteiger partial charge is 0.273 e. The summed E-state index contributed by atoms with van der Waals surface area (Å²) >= 11 is 6.25. The van der Waals surface area contributed by atoms with Crippen LogP contribution in [-0.2, 0) is 6.42 Å². The third-order valence-corrected chi connectivity index (χ3v) is 4.42. The van der Waals surface area contributed by atoms with Gasteiger partial charge >= 0.3 is 0 Å². The Hall–Kier alpha value is -2.38. The van der Waals surface area contributed by atoms with Gasteiger partial charge in [0.1, 0.15) is 11.6 Å². The highest BCUT2D eigenvalue weighted by Gasteiger charge is 2.34. The molecule has 0 saturated heterocycles. The van der Waals surface area contributed by atoms with Crippen molar-refractivity contribution >= 4 is 17.4 Å². The number of carbonyl (C=O) groups is 1. The number of halogens is 1. The molecule has 1 aromatic heterocycles. The molecule has 0 aliphatic heterocycles. The van der Waals surface area contributed by atoms with Crippen LogP contribution < -0.4 is 5.56 Å². The second-order valence-corrected chi connectivity index (χ2v) is 6.97. The molecule has 0 saturated carbocycles. The van der Waals surface area contributed by atoms with Gasteiger partial charge in [0.15, 0.2) is 5.78 Å². The molecule has 23 heavy (non-hydrogen) atoms. The number of benzene rings is 1. The number of ketones is 1. The first kappa shape index (κ1) is 15.5. The molecule has 116 valence electrons. The van der Waals surface area contributed by atoms with E-state index in [2.05, 4.69) is 0 Å². The molecule has 0 atom stereocenters. The zero-order valence-corrected chi connectivity index (χ0v) is 13.6. The van der Waals surface area contributed by atoms with E-state index in [0.29, 0.717) is 34.8 Å². The first-order valence-electron chi connectivity index (χ1n) is 7.31. The monoisotopic (exact) mass is 326 g/mol. The van der Waals surface area contributed by atoms with E-state index in [1.807, 2.05) is 19.9 Å². The van der Waals surface area contributed by atoms with Gasteiger partial charge in [0, 0.05) is 17.7 Å². The zero-order valence-electron chi connectivity index (χ0n) is 12.9. The van der Waals surface area contributed by atoms with Crippen LogP contribution in [-0.4, -0.2) is 10.4 Å². The first-order chi connectivity index (χ1) is 10.8. The summed E-state index contributed by atoms with van der Waals surface area (Å²) in [6.45, 7) is 3.99. The van der Waals surface area contributed by atoms with E-state index < -0.39 is 5.56 Å². The lowest BCUT2D eigenvalue weighted by atomic mass is 9.75. The lowest BCUT2D eigenvalue weighted by Crippen LogP contribution is -2.35. The summed E-state index contributed by atoms with van der Waals surface area (Å²) in [5, 5.41) is 9.65. The average molecular weight is 327 g/mol. The van der Waals surface area contributed by atoms with Crippen molar-refractivity contribution in [2.45, 2.75) is 26.7 Å². The number of nitrogens with zero attached hydrogens (tertiary/aromatic N) is 2. The van der Waals surface area contributed by atoms with Crippen LogP contribution in [0.15, 0.2) is 35.1 Å². The fourth-order valence-corrected chi connectivity index (χ4v) is 3.30. The summed E-state index contributed by atoms with van der Waals surface area (Å²) in [5.41, 5.74) is 0.844. The predicted octanol–water partition coefficient (Wildman–Crippen LogP) is 3.52. The zero-order chi connectivity index (χ0) is 16.8. The van der Waals surface area contributed by atoms with E-state index in [4.69, 9.17) is 11.6 Å². The molecule has 1 aromatic carbocycles. The largest absolute Gasteiger partial charge is 0.294 e. The van der Waals surface area contributed by atoms with Crippen LogP contribution in [0, 0.1) is 16.7 Å². The van der Waals surface area contributed by atoms with Gasteiger partial charge in [-0.2, -0.15) is 5.26 Å². The molecule has 3 rings (SSSR count). The quantitative estimate of drug-likeness (QED) is 0.805. The fourth-order valence-electron chi connectivity index (χ4n) is 3.08. The van der Waals surface area contributed by atoms with E-state index in [0.717, 1.165) is 0 Å². The van der Waals surface area contributed by atoms with E-state index in [-0.39, 0.29) is 16.8 Å². The fraction of sp³-hybridized carbons (Fsp3) is 0.278. The van der Waals surface area contributed by atoms with Crippen molar-refractivity contribution in [3.8, 4) is 11.8 Å². The Balaban J connectivity index is 2.42. The lowest BCUT2D eigenvalue weighted by Gasteiger charge is -2.32. The van der Waals surface area contributed by atoms with Crippen LogP contribution in [0.25, 0.3) is 5.69 Å². The van der Waals surface area contributed by atoms with Crippen molar-refractivity contribution in [1.29, 1.82) is 5.26 Å². The second kappa shape index (κ2) is 5.36. The minimum absolute atomic E-state index is 0.0447. The van der Waals surface area contributed by atoms with Gasteiger partial charge in [-0.3, -0.25) is 14.2 Å². The van der Waals surface area contributed by atoms with Crippen molar-refractivity contribution in [2.24, 2.45) is 5.41 Å². The second-order valence-electron chi connectivity index (χ2n) is 6.56. The van der Waals surface area contributed by atoms with Crippen LogP contribution in [0.2, 0.25) is 5.02 Å². The molecule has 1 aliphatic carbocycles. The molecule has 0 unspecified atom stereocenters. The van der Waals surface area contributed by atoms with Gasteiger partial charge in [0.2, 0.25) is 0 Å². The van der Waals surface area contributed by atoms with Crippen LogP contribution in [0.4, 0.5) is 0 Å². The van der Waals surface area contributed by atoms with Gasteiger partial charge in [0.25, 0.3) is 5.56 Å². The highest BCUT2D eigenvalue weighted by Crippen LogP contribution is 2.36. The van der Waals surface area contributed by atoms with E-state index >= 15 is 0 Å². The number of fused-ring (bicyclic) bond motifs is 1. The highest BCUT2D eigenvalue weighted by atomic mass is 35.5. The van der Waals surface area contributed by atoms with Gasteiger partial charge in [0.05, 0.1) is 10.7 Å². The van der Waals surface area contributed by atoms with Gasteiger partial charge in [-0.1, -0.05) is 37.6 Å². The van der Waals surface area contributed by atoms with E-state index in [1.165, 1.54) is 10.6 Å². The van der Waals surface area contributed by atoms with Crippen molar-refractivity contribution in [1.82, 2.24) is 4.57 Å². The number of rotatable bonds is 1. The molecule has 0 spiro atoms. The number of aromatic nitrogens is 1. The molecule has 0 amide bonds. The van der Waals surface area contributed by atoms with Crippen LogP contribution in [0.1, 0.15) is 41.9 Å². The van der Waals surface area contributed by atoms with Crippen molar-refractivity contribution in [3.63, 3.8) is 0 Å². The number of pyridine rings is 1. The first-order valence-corrected chi connectivity index (χ1v) is 7.69. The Morgan fingerprint density at radius 3 is 2.57 bits per heavy atom. The molecule has 4 nitrogen and oxygen atoms in total. The van der Waals surface area contributed by atoms with Crippen LogP contribution in [0.3, 0.4) is 0 Å². The molecule has 5 heteroatoms. The Bertz CT molecular complexity index is 920. The predicted molar refractivity (Wildman–Crippen MR) is 88.2 cm³/mol. The molecule has 0 radical (unpaired) electrons. The van der Waals surface area contributed by atoms with E-state index in [1.54, 1.807) is 24.3 Å². The number of hydrogen-bond donors (Lipinski definition) is 0. The maximum absolute atomic E-state index is 12.7. The minimum Gasteiger partial charge on any atom is -0.294 e. The highest BCUT2D eigenvalue weighted by molar-refractivity contribution is 6.32. The van der Waals surface area contributed by atoms with Crippen LogP contribution >= 0.6 is 11.6 Å². The van der Waals surface area contributed by atoms with Gasteiger partial charge in [-0.15, -0.1) is 0 Å². The van der Waals surface area contributed by atoms with Gasteiger partial charge in [-0.05, 0) is 30.0 Å². The molecular weight excluding hydrogens is 312 g/mol. The van der Waals surface area contributed by atoms with Crippen molar-refractivity contribution in [2.75, 3.05) is 0 Å². The van der Waals surface area contributed by atoms with Crippen molar-refractivity contribution in [3.05, 3.63) is 62.5 Å². The summed E-state index contributed by atoms with van der Waals surface area (Å²) in [4.78, 5) is 25.2. The molecule has 0 fully saturated rings. The summed E-state index contributed by atoms with van der Waals surface area (Å²) < 4.78 is 1.43. The van der Waals surface area contributed by atoms with Gasteiger partial charge < -0.3 is 0 Å². The lowest BCUT2D eigenvalue weighted by molar-refractivity contribution is 0.0909. The summed E-state index contributed by atoms with van der Waals surface area (Å²) in [6.07, 6.45) is 0.964. The Morgan fingerprint density at radius 1 is 1.22 bits per heavy atom. The van der Waals surface area contributed by atoms with Crippen molar-refractivity contribution < 1.29 is 4.79 Å². The maximum Gasteiger partial charge on any atom is 0.273 e. The topological polar surface area (TPSA) is 62.9 Å². The number of hydrogen-bond acceptors (Lipinski definition) is 3. The number of Topliss-reactive ketones (excluding diaryl/α,β-unsaturated/α-hetero) is 1. The molecule has 1 aliphatic rings. The summed E-state index contributed by atoms with van der Waals surface area (Å²) in [6, 6.07) is 10.3. The number of carbonyl (C=O) groups excluding carboxylic acids is 1. The Kier molecular flexibility index (Phi) is 3.62. The summed E-state index contributed by atoms with van der Waals surface area (Å²) in [5.74, 6) is -0.0476. The van der Waals surface area contributed by atoms with Gasteiger partial charge in [-0.25, -0.2) is 0 Å². The molecule has 2 aromatic rings. The number of para-hydroxylation sites is 1. The average Bonchev–Trinajstić information content (AvgIpc) is 2.47. The molecule has 0 bridgehead atoms. The Labute approximate surface area is 138 Å². The molecule has 0 N–H and O–H groups in total. The normalized spacial score (nSPS) is 15.8. The number of nitriles is 1. The standard InChI is InChI=1S/C18H15ClN2O2/c1-18(2)8-15-12(16(22)9-18)7-11(10-20)17(23)21(15)14-6-4-3-5-13(14)19/h3-7H,8-9H2,1-2H3. The minimum atomic E-state index is -0.440.